The van der Waals surface area contributed by atoms with Gasteiger partial charge in [-0.25, -0.2) is 0 Å². The summed E-state index contributed by atoms with van der Waals surface area (Å²) in [5.41, 5.74) is 2.78. The highest BCUT2D eigenvalue weighted by Crippen LogP contribution is 2.40. The molecule has 1 aromatic carbocycles. The summed E-state index contributed by atoms with van der Waals surface area (Å²) < 4.78 is 5.08. The van der Waals surface area contributed by atoms with Crippen LogP contribution in [0, 0.1) is 5.92 Å². The van der Waals surface area contributed by atoms with Gasteiger partial charge in [0.2, 0.25) is 0 Å². The van der Waals surface area contributed by atoms with Crippen molar-refractivity contribution in [1.82, 2.24) is 5.32 Å². The Morgan fingerprint density at radius 2 is 2.00 bits per heavy atom. The fraction of sp³-hybridized carbons (Fsp3) is 0.571. The first kappa shape index (κ1) is 11.6. The highest BCUT2D eigenvalue weighted by Gasteiger charge is 2.30. The molecule has 0 aromatic heterocycles. The van der Waals surface area contributed by atoms with Gasteiger partial charge >= 0.3 is 0 Å². The Kier molecular flexibility index (Phi) is 3.97. The minimum absolute atomic E-state index is 0.552. The lowest BCUT2D eigenvalue weighted by Crippen LogP contribution is -2.18. The summed E-state index contributed by atoms with van der Waals surface area (Å²) in [5, 5.41) is 3.42. The average molecular weight is 219 g/mol. The molecule has 0 saturated heterocycles. The summed E-state index contributed by atoms with van der Waals surface area (Å²) in [7, 11) is 3.81. The highest BCUT2D eigenvalue weighted by molar-refractivity contribution is 5.26. The van der Waals surface area contributed by atoms with Gasteiger partial charge in [0, 0.05) is 13.2 Å². The van der Waals surface area contributed by atoms with Crippen LogP contribution in [-0.4, -0.2) is 20.8 Å². The number of rotatable bonds is 6. The molecule has 1 aromatic rings. The molecule has 0 amide bonds. The molecule has 2 nitrogen and oxygen atoms in total. The van der Waals surface area contributed by atoms with Gasteiger partial charge in [0.15, 0.2) is 0 Å². The zero-order valence-corrected chi connectivity index (χ0v) is 10.2. The van der Waals surface area contributed by atoms with E-state index in [1.54, 1.807) is 7.11 Å². The summed E-state index contributed by atoms with van der Waals surface area (Å²) in [6.07, 6.45) is 3.75. The van der Waals surface area contributed by atoms with E-state index in [4.69, 9.17) is 4.74 Å². The van der Waals surface area contributed by atoms with Gasteiger partial charge in [-0.2, -0.15) is 0 Å². The molecule has 1 saturated carbocycles. The van der Waals surface area contributed by atoms with Crippen molar-refractivity contribution in [3.05, 3.63) is 35.4 Å². The third kappa shape index (κ3) is 2.83. The van der Waals surface area contributed by atoms with E-state index in [2.05, 4.69) is 36.6 Å². The van der Waals surface area contributed by atoms with Crippen molar-refractivity contribution in [2.45, 2.75) is 25.3 Å². The zero-order valence-electron chi connectivity index (χ0n) is 10.2. The van der Waals surface area contributed by atoms with Crippen molar-refractivity contribution in [2.75, 3.05) is 20.8 Å². The van der Waals surface area contributed by atoms with Gasteiger partial charge in [0.05, 0.1) is 6.61 Å². The molecule has 0 radical (unpaired) electrons. The van der Waals surface area contributed by atoms with Gasteiger partial charge in [0.25, 0.3) is 0 Å². The fourth-order valence-electron chi connectivity index (χ4n) is 2.22. The van der Waals surface area contributed by atoms with Gasteiger partial charge in [-0.15, -0.1) is 0 Å². The van der Waals surface area contributed by atoms with Crippen LogP contribution in [0.3, 0.4) is 0 Å². The van der Waals surface area contributed by atoms with Crippen molar-refractivity contribution < 1.29 is 4.74 Å². The molecule has 0 aliphatic heterocycles. The lowest BCUT2D eigenvalue weighted by atomic mass is 10.0. The highest BCUT2D eigenvalue weighted by atomic mass is 16.5. The van der Waals surface area contributed by atoms with Crippen LogP contribution in [0.1, 0.15) is 30.0 Å². The molecule has 0 heterocycles. The van der Waals surface area contributed by atoms with Crippen molar-refractivity contribution in [1.29, 1.82) is 0 Å². The van der Waals surface area contributed by atoms with Crippen molar-refractivity contribution in [3.8, 4) is 0 Å². The Labute approximate surface area is 98.0 Å². The van der Waals surface area contributed by atoms with Crippen molar-refractivity contribution >= 4 is 0 Å². The Balaban J connectivity index is 1.99. The van der Waals surface area contributed by atoms with Crippen LogP contribution in [0.5, 0.6) is 0 Å². The van der Waals surface area contributed by atoms with Crippen LogP contribution in [0.4, 0.5) is 0 Å². The Hall–Kier alpha value is -0.860. The van der Waals surface area contributed by atoms with Crippen LogP contribution >= 0.6 is 0 Å². The minimum atomic E-state index is 0.552. The summed E-state index contributed by atoms with van der Waals surface area (Å²) in [4.78, 5) is 0. The van der Waals surface area contributed by atoms with Crippen molar-refractivity contribution in [2.24, 2.45) is 5.92 Å². The molecule has 1 fully saturated rings. The standard InChI is InChI=1S/C14H21NO/c1-15-14(13-7-8-13)12-5-3-11(4-6-12)9-10-16-2/h3-6,13-15H,7-10H2,1-2H3. The number of benzene rings is 1. The molecule has 88 valence electrons. The van der Waals surface area contributed by atoms with E-state index in [-0.39, 0.29) is 0 Å². The first-order chi connectivity index (χ1) is 7.85. The number of methoxy groups -OCH3 is 1. The molecule has 2 rings (SSSR count). The second-order valence-electron chi connectivity index (χ2n) is 4.59. The van der Waals surface area contributed by atoms with Crippen molar-refractivity contribution in [3.63, 3.8) is 0 Å². The Morgan fingerprint density at radius 1 is 1.31 bits per heavy atom. The maximum atomic E-state index is 5.08. The molecule has 0 bridgehead atoms. The lowest BCUT2D eigenvalue weighted by molar-refractivity contribution is 0.202. The summed E-state index contributed by atoms with van der Waals surface area (Å²) in [6, 6.07) is 9.51. The molecule has 1 N–H and O–H groups in total. The molecule has 1 unspecified atom stereocenters. The largest absolute Gasteiger partial charge is 0.384 e. The number of ether oxygens (including phenoxy) is 1. The first-order valence-electron chi connectivity index (χ1n) is 6.10. The minimum Gasteiger partial charge on any atom is -0.384 e. The average Bonchev–Trinajstić information content (AvgIpc) is 3.13. The van der Waals surface area contributed by atoms with Crippen LogP contribution in [0.2, 0.25) is 0 Å². The lowest BCUT2D eigenvalue weighted by Gasteiger charge is -2.16. The Bertz CT molecular complexity index is 316. The zero-order chi connectivity index (χ0) is 11.4. The molecule has 16 heavy (non-hydrogen) atoms. The predicted molar refractivity (Wildman–Crippen MR) is 66.5 cm³/mol. The predicted octanol–water partition coefficient (Wildman–Crippen LogP) is 2.55. The van der Waals surface area contributed by atoms with E-state index in [1.165, 1.54) is 24.0 Å². The van der Waals surface area contributed by atoms with E-state index >= 15 is 0 Å². The van der Waals surface area contributed by atoms with Crippen LogP contribution in [-0.2, 0) is 11.2 Å². The summed E-state index contributed by atoms with van der Waals surface area (Å²) >= 11 is 0. The third-order valence-corrected chi connectivity index (χ3v) is 3.34. The monoisotopic (exact) mass is 219 g/mol. The van der Waals surface area contributed by atoms with Gasteiger partial charge < -0.3 is 10.1 Å². The van der Waals surface area contributed by atoms with E-state index in [0.717, 1.165) is 18.9 Å². The van der Waals surface area contributed by atoms with Gasteiger partial charge in [-0.1, -0.05) is 24.3 Å². The second kappa shape index (κ2) is 5.46. The quantitative estimate of drug-likeness (QED) is 0.794. The molecule has 1 aliphatic carbocycles. The SMILES string of the molecule is CNC(c1ccc(CCOC)cc1)C1CC1. The van der Waals surface area contributed by atoms with Crippen LogP contribution in [0.25, 0.3) is 0 Å². The molecule has 2 heteroatoms. The number of nitrogens with one attached hydrogen (secondary N) is 1. The second-order valence-corrected chi connectivity index (χ2v) is 4.59. The normalized spacial score (nSPS) is 17.4. The molecule has 1 atom stereocenters. The molecule has 1 aliphatic rings. The summed E-state index contributed by atoms with van der Waals surface area (Å²) in [5.74, 6) is 0.856. The van der Waals surface area contributed by atoms with E-state index in [9.17, 15) is 0 Å². The van der Waals surface area contributed by atoms with Gasteiger partial charge in [0.1, 0.15) is 0 Å². The summed E-state index contributed by atoms with van der Waals surface area (Å²) in [6.45, 7) is 0.803. The smallest absolute Gasteiger partial charge is 0.0502 e. The van der Waals surface area contributed by atoms with Crippen LogP contribution in [0.15, 0.2) is 24.3 Å². The van der Waals surface area contributed by atoms with Crippen LogP contribution < -0.4 is 5.32 Å². The maximum absolute atomic E-state index is 5.08. The molecule has 0 spiro atoms. The third-order valence-electron chi connectivity index (χ3n) is 3.34. The maximum Gasteiger partial charge on any atom is 0.0502 e. The molecular formula is C14H21NO. The molecular weight excluding hydrogens is 198 g/mol. The van der Waals surface area contributed by atoms with Gasteiger partial charge in [-0.3, -0.25) is 0 Å². The van der Waals surface area contributed by atoms with E-state index < -0.39 is 0 Å². The fourth-order valence-corrected chi connectivity index (χ4v) is 2.22. The number of hydrogen-bond donors (Lipinski definition) is 1. The number of hydrogen-bond acceptors (Lipinski definition) is 2. The van der Waals surface area contributed by atoms with Gasteiger partial charge in [-0.05, 0) is 43.4 Å². The Morgan fingerprint density at radius 3 is 2.50 bits per heavy atom. The van der Waals surface area contributed by atoms with E-state index in [1.807, 2.05) is 0 Å². The topological polar surface area (TPSA) is 21.3 Å². The first-order valence-corrected chi connectivity index (χ1v) is 6.10. The van der Waals surface area contributed by atoms with E-state index in [0.29, 0.717) is 6.04 Å².